The van der Waals surface area contributed by atoms with E-state index in [1.54, 1.807) is 0 Å². The summed E-state index contributed by atoms with van der Waals surface area (Å²) in [6, 6.07) is 0.590. The Kier molecular flexibility index (Phi) is 6.56. The number of hydrogen-bond donors (Lipinski definition) is 2. The van der Waals surface area contributed by atoms with E-state index < -0.39 is 41.7 Å². The molecule has 1 heterocycles. The van der Waals surface area contributed by atoms with Crippen LogP contribution in [0.5, 0.6) is 0 Å². The summed E-state index contributed by atoms with van der Waals surface area (Å²) in [7, 11) is 1.42. The van der Waals surface area contributed by atoms with E-state index in [1.807, 2.05) is 13.8 Å². The minimum Gasteiger partial charge on any atom is -0.357 e. The van der Waals surface area contributed by atoms with Crippen LogP contribution in [0.1, 0.15) is 25.8 Å². The van der Waals surface area contributed by atoms with E-state index >= 15 is 0 Å². The smallest absolute Gasteiger partial charge is 0.357 e. The number of alkyl halides is 3. The predicted molar refractivity (Wildman–Crippen MR) is 81.2 cm³/mol. The van der Waals surface area contributed by atoms with Gasteiger partial charge in [-0.15, -0.1) is 0 Å². The third-order valence-corrected chi connectivity index (χ3v) is 3.23. The van der Waals surface area contributed by atoms with Gasteiger partial charge >= 0.3 is 6.18 Å². The van der Waals surface area contributed by atoms with Gasteiger partial charge in [0, 0.05) is 19.3 Å². The number of nitrogens with one attached hydrogen (secondary N) is 2. The van der Waals surface area contributed by atoms with E-state index in [0.29, 0.717) is 23.3 Å². The van der Waals surface area contributed by atoms with Crippen molar-refractivity contribution in [3.05, 3.63) is 34.2 Å². The van der Waals surface area contributed by atoms with Crippen molar-refractivity contribution in [1.29, 1.82) is 0 Å². The summed E-state index contributed by atoms with van der Waals surface area (Å²) in [6.45, 7) is 3.12. The molecule has 0 saturated heterocycles. The molecule has 134 valence electrons. The van der Waals surface area contributed by atoms with Crippen LogP contribution in [-0.2, 0) is 22.3 Å². The molecular formula is C15H20F3N3O3. The standard InChI is InChI=1S/C15H20F3N3O3/c1-9(2)6-11(14(24)19-3)20-12(22)8-21-7-10(15(16,17)18)4-5-13(21)23/h4-5,7,9,11H,6,8H2,1-3H3,(H,19,24)(H,20,22). The molecule has 0 aliphatic rings. The molecule has 0 saturated carbocycles. The second kappa shape index (κ2) is 7.98. The topological polar surface area (TPSA) is 80.2 Å². The van der Waals surface area contributed by atoms with E-state index in [1.165, 1.54) is 7.05 Å². The van der Waals surface area contributed by atoms with Gasteiger partial charge in [0.1, 0.15) is 12.6 Å². The van der Waals surface area contributed by atoms with Crippen molar-refractivity contribution < 1.29 is 22.8 Å². The molecule has 1 aromatic heterocycles. The van der Waals surface area contributed by atoms with E-state index in [9.17, 15) is 27.6 Å². The summed E-state index contributed by atoms with van der Waals surface area (Å²) < 4.78 is 38.7. The zero-order valence-electron chi connectivity index (χ0n) is 13.6. The number of carbonyl (C=O) groups is 2. The maximum absolute atomic E-state index is 12.7. The molecule has 2 amide bonds. The summed E-state index contributed by atoms with van der Waals surface area (Å²) in [5.41, 5.74) is -1.77. The molecule has 1 rings (SSSR count). The Bertz CT molecular complexity index is 653. The zero-order valence-corrected chi connectivity index (χ0v) is 13.6. The quantitative estimate of drug-likeness (QED) is 0.810. The van der Waals surface area contributed by atoms with Gasteiger partial charge in [-0.25, -0.2) is 0 Å². The molecule has 1 atom stereocenters. The van der Waals surface area contributed by atoms with Crippen molar-refractivity contribution in [2.75, 3.05) is 7.05 Å². The summed E-state index contributed by atoms with van der Waals surface area (Å²) in [4.78, 5) is 35.4. The van der Waals surface area contributed by atoms with E-state index in [0.717, 1.165) is 6.07 Å². The Morgan fingerprint density at radius 2 is 1.88 bits per heavy atom. The van der Waals surface area contributed by atoms with Crippen molar-refractivity contribution in [3.8, 4) is 0 Å². The second-order valence-corrected chi connectivity index (χ2v) is 5.75. The largest absolute Gasteiger partial charge is 0.417 e. The van der Waals surface area contributed by atoms with E-state index in [-0.39, 0.29) is 5.92 Å². The lowest BCUT2D eigenvalue weighted by Gasteiger charge is -2.19. The molecule has 0 aromatic carbocycles. The molecule has 0 aliphatic carbocycles. The van der Waals surface area contributed by atoms with Crippen molar-refractivity contribution >= 4 is 11.8 Å². The lowest BCUT2D eigenvalue weighted by atomic mass is 10.0. The van der Waals surface area contributed by atoms with E-state index in [4.69, 9.17) is 0 Å². The molecule has 0 fully saturated rings. The first-order chi connectivity index (χ1) is 11.0. The highest BCUT2D eigenvalue weighted by Crippen LogP contribution is 2.27. The first-order valence-corrected chi connectivity index (χ1v) is 7.33. The van der Waals surface area contributed by atoms with Crippen LogP contribution in [0.15, 0.2) is 23.1 Å². The summed E-state index contributed by atoms with van der Waals surface area (Å²) >= 11 is 0. The number of amides is 2. The Hall–Kier alpha value is -2.32. The fourth-order valence-electron chi connectivity index (χ4n) is 2.09. The molecule has 1 unspecified atom stereocenters. The van der Waals surface area contributed by atoms with Crippen molar-refractivity contribution in [2.24, 2.45) is 5.92 Å². The lowest BCUT2D eigenvalue weighted by Crippen LogP contribution is -2.47. The third kappa shape index (κ3) is 5.71. The highest BCUT2D eigenvalue weighted by molar-refractivity contribution is 5.87. The van der Waals surface area contributed by atoms with E-state index in [2.05, 4.69) is 10.6 Å². The highest BCUT2D eigenvalue weighted by atomic mass is 19.4. The average molecular weight is 347 g/mol. The number of carbonyl (C=O) groups excluding carboxylic acids is 2. The molecule has 9 heteroatoms. The molecule has 0 radical (unpaired) electrons. The van der Waals surface area contributed by atoms with Gasteiger partial charge in [0.25, 0.3) is 5.56 Å². The van der Waals surface area contributed by atoms with Crippen molar-refractivity contribution in [3.63, 3.8) is 0 Å². The molecule has 0 aliphatic heterocycles. The summed E-state index contributed by atoms with van der Waals surface area (Å²) in [5, 5.41) is 4.85. The third-order valence-electron chi connectivity index (χ3n) is 3.23. The number of aromatic nitrogens is 1. The van der Waals surface area contributed by atoms with Gasteiger partial charge < -0.3 is 15.2 Å². The maximum atomic E-state index is 12.7. The van der Waals surface area contributed by atoms with Crippen LogP contribution in [0.2, 0.25) is 0 Å². The first-order valence-electron chi connectivity index (χ1n) is 7.33. The second-order valence-electron chi connectivity index (χ2n) is 5.75. The predicted octanol–water partition coefficient (Wildman–Crippen LogP) is 1.14. The van der Waals surface area contributed by atoms with Crippen molar-refractivity contribution in [1.82, 2.24) is 15.2 Å². The molecule has 0 spiro atoms. The minimum atomic E-state index is -4.62. The number of pyridine rings is 1. The van der Waals surface area contributed by atoms with Gasteiger partial charge in [-0.3, -0.25) is 14.4 Å². The molecular weight excluding hydrogens is 327 g/mol. The average Bonchev–Trinajstić information content (AvgIpc) is 2.46. The fourth-order valence-corrected chi connectivity index (χ4v) is 2.09. The molecule has 1 aromatic rings. The molecule has 2 N–H and O–H groups in total. The van der Waals surface area contributed by atoms with Crippen LogP contribution in [0.3, 0.4) is 0 Å². The fraction of sp³-hybridized carbons (Fsp3) is 0.533. The number of halogens is 3. The normalized spacial score (nSPS) is 12.8. The summed E-state index contributed by atoms with van der Waals surface area (Å²) in [6.07, 6.45) is -3.67. The van der Waals surface area contributed by atoms with Gasteiger partial charge in [0.2, 0.25) is 11.8 Å². The number of hydrogen-bond acceptors (Lipinski definition) is 3. The first kappa shape index (κ1) is 19.7. The Labute approximate surface area is 137 Å². The van der Waals surface area contributed by atoms with Crippen LogP contribution in [0, 0.1) is 5.92 Å². The Morgan fingerprint density at radius 3 is 2.38 bits per heavy atom. The molecule has 24 heavy (non-hydrogen) atoms. The van der Waals surface area contributed by atoms with Crippen LogP contribution in [0.25, 0.3) is 0 Å². The zero-order chi connectivity index (χ0) is 18.5. The van der Waals surface area contributed by atoms with Gasteiger partial charge in [-0.05, 0) is 18.4 Å². The lowest BCUT2D eigenvalue weighted by molar-refractivity contribution is -0.138. The molecule has 6 nitrogen and oxygen atoms in total. The molecule has 0 bridgehead atoms. The SMILES string of the molecule is CNC(=O)C(CC(C)C)NC(=O)Cn1cc(C(F)(F)F)ccc1=O. The van der Waals surface area contributed by atoms with Gasteiger partial charge in [-0.1, -0.05) is 13.8 Å². The highest BCUT2D eigenvalue weighted by Gasteiger charge is 2.31. The monoisotopic (exact) mass is 347 g/mol. The van der Waals surface area contributed by atoms with Gasteiger partial charge in [0.05, 0.1) is 5.56 Å². The Morgan fingerprint density at radius 1 is 1.25 bits per heavy atom. The maximum Gasteiger partial charge on any atom is 0.417 e. The number of likely N-dealkylation sites (N-methyl/N-ethyl adjacent to an activating group) is 1. The van der Waals surface area contributed by atoms with Crippen LogP contribution >= 0.6 is 0 Å². The number of nitrogens with zero attached hydrogens (tertiary/aromatic N) is 1. The van der Waals surface area contributed by atoms with Gasteiger partial charge in [-0.2, -0.15) is 13.2 Å². The minimum absolute atomic E-state index is 0.115. The van der Waals surface area contributed by atoms with Crippen LogP contribution in [-0.4, -0.2) is 29.5 Å². The van der Waals surface area contributed by atoms with Crippen LogP contribution < -0.4 is 16.2 Å². The van der Waals surface area contributed by atoms with Crippen LogP contribution in [0.4, 0.5) is 13.2 Å². The number of rotatable bonds is 6. The van der Waals surface area contributed by atoms with Crippen molar-refractivity contribution in [2.45, 2.75) is 39.0 Å². The Balaban J connectivity index is 2.90. The summed E-state index contributed by atoms with van der Waals surface area (Å²) in [5.74, 6) is -1.01. The van der Waals surface area contributed by atoms with Gasteiger partial charge in [0.15, 0.2) is 0 Å².